The number of nitrogens with one attached hydrogen (secondary N) is 2. The largest absolute Gasteiger partial charge is 0.366 e. The van der Waals surface area contributed by atoms with Crippen LogP contribution >= 0.6 is 15.9 Å². The van der Waals surface area contributed by atoms with Crippen molar-refractivity contribution < 1.29 is 0 Å². The molecule has 0 aliphatic carbocycles. The molecule has 1 aliphatic rings. The number of rotatable bonds is 5. The summed E-state index contributed by atoms with van der Waals surface area (Å²) in [5, 5.41) is 10.3. The number of halogens is 1. The predicted octanol–water partition coefficient (Wildman–Crippen LogP) is 2.16. The SMILES string of the molecule is Nc1n[nH]c(N2CCC(CNCc3ccc(Br)cc3)CC2)n1. The highest BCUT2D eigenvalue weighted by atomic mass is 79.9. The average Bonchev–Trinajstić information content (AvgIpc) is 2.97. The third-order valence-electron chi connectivity index (χ3n) is 4.08. The summed E-state index contributed by atoms with van der Waals surface area (Å²) in [5.41, 5.74) is 6.87. The first kappa shape index (κ1) is 15.3. The lowest BCUT2D eigenvalue weighted by Gasteiger charge is -2.31. The van der Waals surface area contributed by atoms with E-state index in [2.05, 4.69) is 65.6 Å². The summed E-state index contributed by atoms with van der Waals surface area (Å²) in [6.07, 6.45) is 2.32. The summed E-state index contributed by atoms with van der Waals surface area (Å²) in [7, 11) is 0. The van der Waals surface area contributed by atoms with E-state index in [4.69, 9.17) is 5.73 Å². The van der Waals surface area contributed by atoms with Gasteiger partial charge in [0.25, 0.3) is 0 Å². The lowest BCUT2D eigenvalue weighted by molar-refractivity contribution is 0.380. The van der Waals surface area contributed by atoms with Gasteiger partial charge in [-0.1, -0.05) is 28.1 Å². The summed E-state index contributed by atoms with van der Waals surface area (Å²) < 4.78 is 1.12. The van der Waals surface area contributed by atoms with Crippen LogP contribution in [0.1, 0.15) is 18.4 Å². The first-order valence-corrected chi connectivity index (χ1v) is 8.38. The van der Waals surface area contributed by atoms with E-state index in [0.29, 0.717) is 11.9 Å². The second-order valence-electron chi connectivity index (χ2n) is 5.71. The molecule has 6 nitrogen and oxygen atoms in total. The van der Waals surface area contributed by atoms with Crippen molar-refractivity contribution in [3.05, 3.63) is 34.3 Å². The molecule has 22 heavy (non-hydrogen) atoms. The fourth-order valence-electron chi connectivity index (χ4n) is 2.78. The van der Waals surface area contributed by atoms with Crippen LogP contribution in [0.5, 0.6) is 0 Å². The van der Waals surface area contributed by atoms with Crippen molar-refractivity contribution in [3.63, 3.8) is 0 Å². The number of hydrogen-bond acceptors (Lipinski definition) is 5. The zero-order valence-electron chi connectivity index (χ0n) is 12.4. The topological polar surface area (TPSA) is 82.9 Å². The van der Waals surface area contributed by atoms with Crippen LogP contribution in [0.2, 0.25) is 0 Å². The number of aromatic amines is 1. The van der Waals surface area contributed by atoms with Crippen molar-refractivity contribution in [3.8, 4) is 0 Å². The summed E-state index contributed by atoms with van der Waals surface area (Å²) in [4.78, 5) is 6.40. The molecule has 1 aliphatic heterocycles. The van der Waals surface area contributed by atoms with Crippen LogP contribution in [0.15, 0.2) is 28.7 Å². The van der Waals surface area contributed by atoms with E-state index in [1.807, 2.05) is 0 Å². The van der Waals surface area contributed by atoms with Gasteiger partial charge in [-0.15, -0.1) is 5.10 Å². The molecule has 0 amide bonds. The van der Waals surface area contributed by atoms with Crippen LogP contribution in [0.4, 0.5) is 11.9 Å². The Hall–Kier alpha value is -1.60. The van der Waals surface area contributed by atoms with Gasteiger partial charge in [-0.05, 0) is 43.0 Å². The number of nitrogens with two attached hydrogens (primary N) is 1. The molecule has 0 bridgehead atoms. The Bertz CT molecular complexity index is 588. The summed E-state index contributed by atoms with van der Waals surface area (Å²) in [6, 6.07) is 8.46. The zero-order valence-corrected chi connectivity index (χ0v) is 14.0. The highest BCUT2D eigenvalue weighted by Gasteiger charge is 2.21. The second kappa shape index (κ2) is 7.11. The minimum atomic E-state index is 0.313. The van der Waals surface area contributed by atoms with Crippen molar-refractivity contribution in [2.24, 2.45) is 5.92 Å². The molecule has 4 N–H and O–H groups in total. The van der Waals surface area contributed by atoms with Crippen LogP contribution in [0.25, 0.3) is 0 Å². The molecule has 2 aromatic rings. The molecule has 3 rings (SSSR count). The monoisotopic (exact) mass is 364 g/mol. The number of aromatic nitrogens is 3. The normalized spacial score (nSPS) is 16.1. The van der Waals surface area contributed by atoms with E-state index in [-0.39, 0.29) is 0 Å². The molecule has 1 fully saturated rings. The van der Waals surface area contributed by atoms with Gasteiger partial charge in [-0.2, -0.15) is 4.98 Å². The highest BCUT2D eigenvalue weighted by Crippen LogP contribution is 2.20. The average molecular weight is 365 g/mol. The molecule has 0 atom stereocenters. The smallest absolute Gasteiger partial charge is 0.241 e. The molecular formula is C15H21BrN6. The highest BCUT2D eigenvalue weighted by molar-refractivity contribution is 9.10. The number of nitrogen functional groups attached to an aromatic ring is 1. The Morgan fingerprint density at radius 1 is 1.27 bits per heavy atom. The molecule has 0 radical (unpaired) electrons. The minimum absolute atomic E-state index is 0.313. The third kappa shape index (κ3) is 3.98. The van der Waals surface area contributed by atoms with Crippen molar-refractivity contribution in [2.45, 2.75) is 19.4 Å². The minimum Gasteiger partial charge on any atom is -0.366 e. The Morgan fingerprint density at radius 2 is 2.00 bits per heavy atom. The predicted molar refractivity (Wildman–Crippen MR) is 91.6 cm³/mol. The summed E-state index contributed by atoms with van der Waals surface area (Å²) >= 11 is 3.46. The molecule has 118 valence electrons. The van der Waals surface area contributed by atoms with Crippen LogP contribution in [0.3, 0.4) is 0 Å². The van der Waals surface area contributed by atoms with Gasteiger partial charge in [0.15, 0.2) is 0 Å². The molecule has 1 aromatic heterocycles. The maximum atomic E-state index is 5.55. The first-order valence-electron chi connectivity index (χ1n) is 7.58. The maximum Gasteiger partial charge on any atom is 0.241 e. The molecule has 7 heteroatoms. The van der Waals surface area contributed by atoms with Gasteiger partial charge in [0.2, 0.25) is 11.9 Å². The van der Waals surface area contributed by atoms with Gasteiger partial charge >= 0.3 is 0 Å². The Morgan fingerprint density at radius 3 is 2.64 bits per heavy atom. The van der Waals surface area contributed by atoms with Crippen LogP contribution in [0, 0.1) is 5.92 Å². The molecule has 1 aromatic carbocycles. The standard InChI is InChI=1S/C15H21BrN6/c16-13-3-1-11(2-4-13)9-18-10-12-5-7-22(8-6-12)15-19-14(17)20-21-15/h1-4,12,18H,5-10H2,(H3,17,19,20,21). The number of hydrogen-bond donors (Lipinski definition) is 3. The number of piperidine rings is 1. The quantitative estimate of drug-likeness (QED) is 0.756. The van der Waals surface area contributed by atoms with E-state index in [1.165, 1.54) is 5.56 Å². The Balaban J connectivity index is 1.39. The van der Waals surface area contributed by atoms with E-state index >= 15 is 0 Å². The van der Waals surface area contributed by atoms with E-state index < -0.39 is 0 Å². The lowest BCUT2D eigenvalue weighted by Crippen LogP contribution is -2.37. The lowest BCUT2D eigenvalue weighted by atomic mass is 9.97. The zero-order chi connectivity index (χ0) is 15.4. The van der Waals surface area contributed by atoms with Crippen molar-refractivity contribution in [1.82, 2.24) is 20.5 Å². The van der Waals surface area contributed by atoms with Crippen molar-refractivity contribution in [1.29, 1.82) is 0 Å². The second-order valence-corrected chi connectivity index (χ2v) is 6.62. The van der Waals surface area contributed by atoms with Gasteiger partial charge < -0.3 is 16.0 Å². The van der Waals surface area contributed by atoms with E-state index in [0.717, 1.165) is 49.4 Å². The van der Waals surface area contributed by atoms with Crippen molar-refractivity contribution in [2.75, 3.05) is 30.3 Å². The fraction of sp³-hybridized carbons (Fsp3) is 0.467. The number of anilines is 2. The van der Waals surface area contributed by atoms with Crippen LogP contribution in [-0.2, 0) is 6.54 Å². The summed E-state index contributed by atoms with van der Waals surface area (Å²) in [5.74, 6) is 1.82. The van der Waals surface area contributed by atoms with Gasteiger partial charge in [0, 0.05) is 24.1 Å². The van der Waals surface area contributed by atoms with E-state index in [9.17, 15) is 0 Å². The van der Waals surface area contributed by atoms with Crippen LogP contribution < -0.4 is 16.0 Å². The molecule has 2 heterocycles. The van der Waals surface area contributed by atoms with Gasteiger partial charge in [-0.3, -0.25) is 0 Å². The van der Waals surface area contributed by atoms with Gasteiger partial charge in [0.1, 0.15) is 0 Å². The molecule has 0 spiro atoms. The Labute approximate surface area is 138 Å². The van der Waals surface area contributed by atoms with Crippen molar-refractivity contribution >= 4 is 27.8 Å². The Kier molecular flexibility index (Phi) is 4.94. The summed E-state index contributed by atoms with van der Waals surface area (Å²) in [6.45, 7) is 3.98. The molecule has 0 saturated carbocycles. The molecule has 1 saturated heterocycles. The fourth-order valence-corrected chi connectivity index (χ4v) is 3.04. The van der Waals surface area contributed by atoms with E-state index in [1.54, 1.807) is 0 Å². The number of H-pyrrole nitrogens is 1. The van der Waals surface area contributed by atoms with Gasteiger partial charge in [-0.25, -0.2) is 5.10 Å². The van der Waals surface area contributed by atoms with Crippen LogP contribution in [-0.4, -0.2) is 34.8 Å². The first-order chi connectivity index (χ1) is 10.7. The third-order valence-corrected chi connectivity index (χ3v) is 4.61. The molecular weight excluding hydrogens is 344 g/mol. The van der Waals surface area contributed by atoms with Gasteiger partial charge in [0.05, 0.1) is 0 Å². The maximum absolute atomic E-state index is 5.55. The number of benzene rings is 1. The molecule has 0 unspecified atom stereocenters. The number of nitrogens with zero attached hydrogens (tertiary/aromatic N) is 3.